The molecule has 0 amide bonds. The Morgan fingerprint density at radius 2 is 2.23 bits per heavy atom. The van der Waals surface area contributed by atoms with Gasteiger partial charge in [0.05, 0.1) is 11.4 Å². The van der Waals surface area contributed by atoms with E-state index in [1.807, 2.05) is 13.8 Å². The topological polar surface area (TPSA) is 106 Å². The van der Waals surface area contributed by atoms with Crippen LogP contribution in [0.5, 0.6) is 5.75 Å². The van der Waals surface area contributed by atoms with E-state index in [1.54, 1.807) is 18.2 Å². The summed E-state index contributed by atoms with van der Waals surface area (Å²) in [5.41, 5.74) is -0.570. The number of hydrogen-bond acceptors (Lipinski definition) is 7. The molecule has 2 aromatic rings. The van der Waals surface area contributed by atoms with Gasteiger partial charge >= 0.3 is 0 Å². The third-order valence-electron chi connectivity index (χ3n) is 4.90. The molecule has 1 N–H and O–H groups in total. The molecule has 0 saturated carbocycles. The summed E-state index contributed by atoms with van der Waals surface area (Å²) in [5.74, 6) is 1.29. The molecule has 8 nitrogen and oxygen atoms in total. The zero-order valence-corrected chi connectivity index (χ0v) is 15.5. The highest BCUT2D eigenvalue weighted by Gasteiger charge is 2.46. The number of β-amino-alcohol motifs (C(OH)–C–C–N with tert-alkyl or cyclic N) is 1. The van der Waals surface area contributed by atoms with Crippen molar-refractivity contribution in [3.8, 4) is 5.75 Å². The van der Waals surface area contributed by atoms with Crippen molar-refractivity contribution in [3.63, 3.8) is 0 Å². The summed E-state index contributed by atoms with van der Waals surface area (Å²) in [7, 11) is -3.73. The lowest BCUT2D eigenvalue weighted by Gasteiger charge is -2.20. The molecule has 1 aromatic heterocycles. The van der Waals surface area contributed by atoms with E-state index in [9.17, 15) is 13.5 Å². The van der Waals surface area contributed by atoms with Gasteiger partial charge in [-0.05, 0) is 30.7 Å². The van der Waals surface area contributed by atoms with E-state index < -0.39 is 15.6 Å². The molecule has 0 aliphatic carbocycles. The zero-order valence-electron chi connectivity index (χ0n) is 14.7. The fourth-order valence-electron chi connectivity index (χ4n) is 3.43. The summed E-state index contributed by atoms with van der Waals surface area (Å²) in [6.45, 7) is 3.91. The second-order valence-corrected chi connectivity index (χ2v) is 8.83. The van der Waals surface area contributed by atoms with Crippen LogP contribution < -0.4 is 4.74 Å². The molecular weight excluding hydrogens is 358 g/mol. The predicted octanol–water partition coefficient (Wildman–Crippen LogP) is 1.24. The Bertz CT molecular complexity index is 942. The number of ether oxygens (including phenoxy) is 1. The third kappa shape index (κ3) is 2.80. The third-order valence-corrected chi connectivity index (χ3v) is 6.74. The Morgan fingerprint density at radius 1 is 1.42 bits per heavy atom. The lowest BCUT2D eigenvalue weighted by molar-refractivity contribution is 0.0194. The summed E-state index contributed by atoms with van der Waals surface area (Å²) in [6, 6.07) is 4.90. The van der Waals surface area contributed by atoms with Crippen molar-refractivity contribution in [2.45, 2.75) is 49.7 Å². The Balaban J connectivity index is 1.59. The zero-order chi connectivity index (χ0) is 18.5. The maximum absolute atomic E-state index is 13.0. The molecule has 2 aliphatic rings. The first-order valence-corrected chi connectivity index (χ1v) is 10.1. The number of aromatic nitrogens is 2. The molecular formula is C17H21N3O5S. The van der Waals surface area contributed by atoms with Gasteiger partial charge in [-0.15, -0.1) is 0 Å². The number of nitrogens with zero attached hydrogens (tertiary/aromatic N) is 3. The second kappa shape index (κ2) is 6.04. The monoisotopic (exact) mass is 379 g/mol. The van der Waals surface area contributed by atoms with Gasteiger partial charge in [-0.3, -0.25) is 0 Å². The first-order valence-electron chi connectivity index (χ1n) is 8.67. The van der Waals surface area contributed by atoms with Gasteiger partial charge in [0.25, 0.3) is 5.89 Å². The molecule has 4 rings (SSSR count). The van der Waals surface area contributed by atoms with E-state index in [-0.39, 0.29) is 36.4 Å². The normalized spacial score (nSPS) is 26.0. The number of fused-ring (bicyclic) bond motifs is 1. The SMILES string of the molecule is CCc1noc(C2(O)CCN(S(=O)(=O)c3ccc4c(c3)CC(C)O4)C2)n1. The quantitative estimate of drug-likeness (QED) is 0.852. The molecule has 2 unspecified atom stereocenters. The number of benzene rings is 1. The second-order valence-electron chi connectivity index (χ2n) is 6.89. The van der Waals surface area contributed by atoms with Crippen molar-refractivity contribution in [3.05, 3.63) is 35.5 Å². The van der Waals surface area contributed by atoms with Crippen molar-refractivity contribution < 1.29 is 22.8 Å². The molecule has 9 heteroatoms. The Hall–Kier alpha value is -1.97. The fraction of sp³-hybridized carbons (Fsp3) is 0.529. The van der Waals surface area contributed by atoms with Crippen LogP contribution in [0.2, 0.25) is 0 Å². The van der Waals surface area contributed by atoms with Gasteiger partial charge in [-0.1, -0.05) is 12.1 Å². The van der Waals surface area contributed by atoms with E-state index in [1.165, 1.54) is 4.31 Å². The van der Waals surface area contributed by atoms with Crippen molar-refractivity contribution in [1.29, 1.82) is 0 Å². The highest BCUT2D eigenvalue weighted by molar-refractivity contribution is 7.89. The molecule has 2 atom stereocenters. The summed E-state index contributed by atoms with van der Waals surface area (Å²) in [6.07, 6.45) is 1.52. The van der Waals surface area contributed by atoms with Gasteiger partial charge in [0.15, 0.2) is 11.4 Å². The number of rotatable bonds is 4. The van der Waals surface area contributed by atoms with Crippen molar-refractivity contribution in [1.82, 2.24) is 14.4 Å². The van der Waals surface area contributed by atoms with Gasteiger partial charge in [0.1, 0.15) is 11.9 Å². The van der Waals surface area contributed by atoms with E-state index in [4.69, 9.17) is 9.26 Å². The van der Waals surface area contributed by atoms with Crippen LogP contribution in [0.25, 0.3) is 0 Å². The van der Waals surface area contributed by atoms with E-state index in [2.05, 4.69) is 10.1 Å². The predicted molar refractivity (Wildman–Crippen MR) is 91.2 cm³/mol. The smallest absolute Gasteiger partial charge is 0.260 e. The Kier molecular flexibility index (Phi) is 4.05. The average molecular weight is 379 g/mol. The fourth-order valence-corrected chi connectivity index (χ4v) is 4.98. The first-order chi connectivity index (χ1) is 12.3. The number of aryl methyl sites for hydroxylation is 1. The number of sulfonamides is 1. The number of aliphatic hydroxyl groups is 1. The standard InChI is InChI=1S/C17H21N3O5S/c1-3-15-18-16(25-19-15)17(21)6-7-20(10-17)26(22,23)13-4-5-14-12(9-13)8-11(2)24-14/h4-5,9,11,21H,3,6-8,10H2,1-2H3. The summed E-state index contributed by atoms with van der Waals surface area (Å²) >= 11 is 0. The van der Waals surface area contributed by atoms with Gasteiger partial charge in [0.2, 0.25) is 10.0 Å². The van der Waals surface area contributed by atoms with Crippen LogP contribution in [-0.2, 0) is 28.5 Å². The lowest BCUT2D eigenvalue weighted by Crippen LogP contribution is -2.34. The first kappa shape index (κ1) is 17.4. The van der Waals surface area contributed by atoms with Crippen LogP contribution >= 0.6 is 0 Å². The van der Waals surface area contributed by atoms with Crippen molar-refractivity contribution >= 4 is 10.0 Å². The molecule has 1 saturated heterocycles. The van der Waals surface area contributed by atoms with E-state index in [0.717, 1.165) is 11.3 Å². The van der Waals surface area contributed by atoms with Gasteiger partial charge in [-0.25, -0.2) is 8.42 Å². The van der Waals surface area contributed by atoms with Gasteiger partial charge in [-0.2, -0.15) is 9.29 Å². The van der Waals surface area contributed by atoms with Crippen LogP contribution in [0, 0.1) is 0 Å². The van der Waals surface area contributed by atoms with Crippen molar-refractivity contribution in [2.24, 2.45) is 0 Å². The van der Waals surface area contributed by atoms with Crippen LogP contribution in [-0.4, -0.2) is 47.2 Å². The Labute approximate surface area is 151 Å². The summed E-state index contributed by atoms with van der Waals surface area (Å²) < 4.78 is 38.0. The molecule has 2 aliphatic heterocycles. The minimum atomic E-state index is -3.73. The minimum Gasteiger partial charge on any atom is -0.490 e. The molecule has 1 aromatic carbocycles. The largest absolute Gasteiger partial charge is 0.490 e. The lowest BCUT2D eigenvalue weighted by atomic mass is 10.0. The highest BCUT2D eigenvalue weighted by atomic mass is 32.2. The number of hydrogen-bond donors (Lipinski definition) is 1. The van der Waals surface area contributed by atoms with E-state index in [0.29, 0.717) is 18.7 Å². The molecule has 1 fully saturated rings. The molecule has 0 radical (unpaired) electrons. The molecule has 3 heterocycles. The maximum Gasteiger partial charge on any atom is 0.260 e. The highest BCUT2D eigenvalue weighted by Crippen LogP contribution is 2.36. The van der Waals surface area contributed by atoms with Crippen molar-refractivity contribution in [2.75, 3.05) is 13.1 Å². The molecule has 26 heavy (non-hydrogen) atoms. The van der Waals surface area contributed by atoms with Crippen LogP contribution in [0.15, 0.2) is 27.6 Å². The molecule has 0 bridgehead atoms. The van der Waals surface area contributed by atoms with Crippen LogP contribution in [0.3, 0.4) is 0 Å². The van der Waals surface area contributed by atoms with Gasteiger partial charge in [0, 0.05) is 25.8 Å². The minimum absolute atomic E-state index is 0.0464. The summed E-state index contributed by atoms with van der Waals surface area (Å²) in [4.78, 5) is 4.37. The van der Waals surface area contributed by atoms with Crippen LogP contribution in [0.1, 0.15) is 37.5 Å². The Morgan fingerprint density at radius 3 is 2.96 bits per heavy atom. The maximum atomic E-state index is 13.0. The van der Waals surface area contributed by atoms with Crippen LogP contribution in [0.4, 0.5) is 0 Å². The molecule has 0 spiro atoms. The van der Waals surface area contributed by atoms with Gasteiger partial charge < -0.3 is 14.4 Å². The summed E-state index contributed by atoms with van der Waals surface area (Å²) in [5, 5.41) is 14.6. The average Bonchev–Trinajstić information content (AvgIpc) is 3.31. The van der Waals surface area contributed by atoms with E-state index >= 15 is 0 Å². The molecule has 140 valence electrons.